The van der Waals surface area contributed by atoms with Crippen molar-refractivity contribution in [2.24, 2.45) is 0 Å². The molecule has 1 fully saturated rings. The molecule has 0 radical (unpaired) electrons. The molecule has 0 saturated carbocycles. The number of benzene rings is 1. The van der Waals surface area contributed by atoms with Crippen molar-refractivity contribution in [3.63, 3.8) is 0 Å². The van der Waals surface area contributed by atoms with E-state index in [-0.39, 0.29) is 6.04 Å². The van der Waals surface area contributed by atoms with Gasteiger partial charge in [0.25, 0.3) is 0 Å². The summed E-state index contributed by atoms with van der Waals surface area (Å²) in [5.74, 6) is 0. The highest BCUT2D eigenvalue weighted by molar-refractivity contribution is 7.88. The highest BCUT2D eigenvalue weighted by Gasteiger charge is 2.27. The maximum absolute atomic E-state index is 11.5. The molecule has 0 bridgehead atoms. The van der Waals surface area contributed by atoms with E-state index >= 15 is 0 Å². The molecule has 3 rings (SSSR count). The van der Waals surface area contributed by atoms with E-state index in [1.807, 2.05) is 13.0 Å². The third-order valence-corrected chi connectivity index (χ3v) is 5.41. The fourth-order valence-electron chi connectivity index (χ4n) is 2.88. The molecule has 2 aromatic rings. The molecular weight excluding hydrogens is 314 g/mol. The van der Waals surface area contributed by atoms with Crippen molar-refractivity contribution in [1.82, 2.24) is 24.4 Å². The van der Waals surface area contributed by atoms with Crippen LogP contribution in [0.3, 0.4) is 0 Å². The Labute approximate surface area is 136 Å². The molecule has 7 nitrogen and oxygen atoms in total. The molecule has 1 aliphatic heterocycles. The number of hydrogen-bond donors (Lipinski definition) is 1. The summed E-state index contributed by atoms with van der Waals surface area (Å²) in [6.45, 7) is 3.91. The van der Waals surface area contributed by atoms with Crippen molar-refractivity contribution in [2.45, 2.75) is 25.9 Å². The van der Waals surface area contributed by atoms with E-state index in [9.17, 15) is 8.42 Å². The second-order valence-electron chi connectivity index (χ2n) is 5.95. The van der Waals surface area contributed by atoms with Crippen LogP contribution >= 0.6 is 0 Å². The van der Waals surface area contributed by atoms with Crippen molar-refractivity contribution < 1.29 is 8.42 Å². The van der Waals surface area contributed by atoms with Crippen LogP contribution in [0.5, 0.6) is 0 Å². The van der Waals surface area contributed by atoms with Gasteiger partial charge < -0.3 is 5.32 Å². The van der Waals surface area contributed by atoms with Gasteiger partial charge in [-0.05, 0) is 30.5 Å². The first-order chi connectivity index (χ1) is 10.9. The van der Waals surface area contributed by atoms with Crippen LogP contribution in [0.15, 0.2) is 30.9 Å². The Kier molecular flexibility index (Phi) is 4.47. The third-order valence-electron chi connectivity index (χ3n) is 4.14. The van der Waals surface area contributed by atoms with Crippen LogP contribution in [-0.2, 0) is 16.6 Å². The number of rotatable bonds is 5. The SMILES string of the molecule is Cc1cc(CNC2CCN(S(C)(=O)=O)C2)ccc1-n1cncn1. The normalized spacial score (nSPS) is 19.3. The summed E-state index contributed by atoms with van der Waals surface area (Å²) in [6, 6.07) is 6.41. The zero-order chi connectivity index (χ0) is 16.4. The lowest BCUT2D eigenvalue weighted by Crippen LogP contribution is -2.34. The monoisotopic (exact) mass is 335 g/mol. The minimum Gasteiger partial charge on any atom is -0.309 e. The van der Waals surface area contributed by atoms with Crippen LogP contribution < -0.4 is 5.32 Å². The van der Waals surface area contributed by atoms with Gasteiger partial charge in [0.15, 0.2) is 0 Å². The molecular formula is C15H21N5O2S. The largest absolute Gasteiger partial charge is 0.309 e. The van der Waals surface area contributed by atoms with Crippen LogP contribution in [0, 0.1) is 6.92 Å². The number of nitrogens with one attached hydrogen (secondary N) is 1. The summed E-state index contributed by atoms with van der Waals surface area (Å²) in [6.07, 6.45) is 5.31. The Morgan fingerprint density at radius 1 is 1.39 bits per heavy atom. The van der Waals surface area contributed by atoms with Gasteiger partial charge in [-0.1, -0.05) is 12.1 Å². The second kappa shape index (κ2) is 6.38. The first-order valence-corrected chi connectivity index (χ1v) is 9.41. The smallest absolute Gasteiger partial charge is 0.211 e. The molecule has 124 valence electrons. The van der Waals surface area contributed by atoms with Crippen molar-refractivity contribution in [3.8, 4) is 5.69 Å². The first-order valence-electron chi connectivity index (χ1n) is 7.56. The lowest BCUT2D eigenvalue weighted by atomic mass is 10.1. The molecule has 1 aromatic carbocycles. The zero-order valence-electron chi connectivity index (χ0n) is 13.3. The van der Waals surface area contributed by atoms with Crippen LogP contribution in [0.25, 0.3) is 5.69 Å². The fourth-order valence-corrected chi connectivity index (χ4v) is 3.76. The number of hydrogen-bond acceptors (Lipinski definition) is 5. The maximum atomic E-state index is 11.5. The summed E-state index contributed by atoms with van der Waals surface area (Å²) < 4.78 is 26.3. The topological polar surface area (TPSA) is 80.1 Å². The van der Waals surface area contributed by atoms with E-state index in [4.69, 9.17) is 0 Å². The Hall–Kier alpha value is -1.77. The van der Waals surface area contributed by atoms with Crippen molar-refractivity contribution in [1.29, 1.82) is 0 Å². The summed E-state index contributed by atoms with van der Waals surface area (Å²) in [5, 5.41) is 7.59. The van der Waals surface area contributed by atoms with E-state index in [0.717, 1.165) is 24.2 Å². The molecule has 23 heavy (non-hydrogen) atoms. The average molecular weight is 335 g/mol. The summed E-state index contributed by atoms with van der Waals surface area (Å²) in [4.78, 5) is 3.96. The summed E-state index contributed by atoms with van der Waals surface area (Å²) in [7, 11) is -3.08. The van der Waals surface area contributed by atoms with Crippen LogP contribution in [0.2, 0.25) is 0 Å². The van der Waals surface area contributed by atoms with Gasteiger partial charge in [0.2, 0.25) is 10.0 Å². The quantitative estimate of drug-likeness (QED) is 0.870. The number of nitrogens with zero attached hydrogens (tertiary/aromatic N) is 4. The minimum atomic E-state index is -3.08. The predicted molar refractivity (Wildman–Crippen MR) is 87.8 cm³/mol. The van der Waals surface area contributed by atoms with Gasteiger partial charge in [-0.2, -0.15) is 5.10 Å². The number of sulfonamides is 1. The van der Waals surface area contributed by atoms with E-state index in [0.29, 0.717) is 13.1 Å². The molecule has 2 heterocycles. The Morgan fingerprint density at radius 3 is 2.83 bits per heavy atom. The maximum Gasteiger partial charge on any atom is 0.211 e. The Morgan fingerprint density at radius 2 is 2.22 bits per heavy atom. The fraction of sp³-hybridized carbons (Fsp3) is 0.467. The van der Waals surface area contributed by atoms with E-state index in [1.54, 1.807) is 11.0 Å². The first kappa shape index (κ1) is 16.1. The standard InChI is InChI=1S/C15H21N5O2S/c1-12-7-13(3-4-15(12)20-11-16-10-18-20)8-17-14-5-6-19(9-14)23(2,21)22/h3-4,7,10-11,14,17H,5-6,8-9H2,1-2H3. The molecule has 0 amide bonds. The van der Waals surface area contributed by atoms with Gasteiger partial charge >= 0.3 is 0 Å². The minimum absolute atomic E-state index is 0.208. The number of aromatic nitrogens is 3. The van der Waals surface area contributed by atoms with Crippen LogP contribution in [0.1, 0.15) is 17.5 Å². The molecule has 1 saturated heterocycles. The van der Waals surface area contributed by atoms with E-state index in [1.165, 1.54) is 22.5 Å². The van der Waals surface area contributed by atoms with E-state index in [2.05, 4.69) is 27.5 Å². The lowest BCUT2D eigenvalue weighted by molar-refractivity contribution is 0.460. The molecule has 0 spiro atoms. The summed E-state index contributed by atoms with van der Waals surface area (Å²) in [5.41, 5.74) is 3.30. The van der Waals surface area contributed by atoms with Crippen molar-refractivity contribution in [3.05, 3.63) is 42.0 Å². The number of aryl methyl sites for hydroxylation is 1. The molecule has 1 aliphatic rings. The summed E-state index contributed by atoms with van der Waals surface area (Å²) >= 11 is 0. The van der Waals surface area contributed by atoms with Gasteiger partial charge in [-0.15, -0.1) is 0 Å². The zero-order valence-corrected chi connectivity index (χ0v) is 14.1. The third kappa shape index (κ3) is 3.77. The van der Waals surface area contributed by atoms with Gasteiger partial charge in [0, 0.05) is 25.7 Å². The van der Waals surface area contributed by atoms with Crippen LogP contribution in [-0.4, -0.2) is 52.9 Å². The molecule has 8 heteroatoms. The average Bonchev–Trinajstić information content (AvgIpc) is 3.16. The molecule has 1 atom stereocenters. The Balaban J connectivity index is 1.60. The van der Waals surface area contributed by atoms with Gasteiger partial charge in [0.05, 0.1) is 11.9 Å². The van der Waals surface area contributed by atoms with Gasteiger partial charge in [0.1, 0.15) is 12.7 Å². The molecule has 1 unspecified atom stereocenters. The van der Waals surface area contributed by atoms with Crippen molar-refractivity contribution in [2.75, 3.05) is 19.3 Å². The Bertz CT molecular complexity index is 773. The highest BCUT2D eigenvalue weighted by atomic mass is 32.2. The van der Waals surface area contributed by atoms with Gasteiger partial charge in [-0.25, -0.2) is 22.4 Å². The molecule has 0 aliphatic carbocycles. The molecule has 1 N–H and O–H groups in total. The van der Waals surface area contributed by atoms with Gasteiger partial charge in [-0.3, -0.25) is 0 Å². The van der Waals surface area contributed by atoms with E-state index < -0.39 is 10.0 Å². The predicted octanol–water partition coefficient (Wildman–Crippen LogP) is 0.699. The van der Waals surface area contributed by atoms with Crippen molar-refractivity contribution >= 4 is 10.0 Å². The second-order valence-corrected chi connectivity index (χ2v) is 7.93. The van der Waals surface area contributed by atoms with Crippen LogP contribution in [0.4, 0.5) is 0 Å². The highest BCUT2D eigenvalue weighted by Crippen LogP contribution is 2.16. The lowest BCUT2D eigenvalue weighted by Gasteiger charge is -2.15. The molecule has 1 aromatic heterocycles.